The van der Waals surface area contributed by atoms with Gasteiger partial charge in [-0.15, -0.1) is 0 Å². The number of ether oxygens (including phenoxy) is 6. The molecule has 0 amide bonds. The zero-order valence-corrected chi connectivity index (χ0v) is 23.6. The molecule has 6 rings (SSSR count). The van der Waals surface area contributed by atoms with Crippen LogP contribution in [0.4, 0.5) is 0 Å². The molecule has 2 aliphatic carbocycles. The summed E-state index contributed by atoms with van der Waals surface area (Å²) in [4.78, 5) is 4.82. The Balaban J connectivity index is 1.23. The first-order chi connectivity index (χ1) is 17.1. The molecule has 4 aliphatic heterocycles. The number of rotatable bonds is 5. The van der Waals surface area contributed by atoms with Gasteiger partial charge < -0.3 is 28.4 Å². The maximum atomic E-state index is 6.74. The average molecular weight is 506 g/mol. The van der Waals surface area contributed by atoms with Gasteiger partial charge in [-0.3, -0.25) is 4.99 Å². The van der Waals surface area contributed by atoms with Crippen LogP contribution < -0.4 is 0 Å². The molecule has 0 aromatic rings. The van der Waals surface area contributed by atoms with Crippen molar-refractivity contribution >= 4 is 5.71 Å². The highest BCUT2D eigenvalue weighted by atomic mass is 16.7. The minimum atomic E-state index is -0.368. The van der Waals surface area contributed by atoms with Crippen LogP contribution in [0.15, 0.2) is 4.99 Å². The first-order valence-electron chi connectivity index (χ1n) is 14.3. The number of aliphatic imine (C=N–C) groups is 1. The predicted octanol–water partition coefficient (Wildman–Crippen LogP) is 4.32. The lowest BCUT2D eigenvalue weighted by atomic mass is 9.65. The summed E-state index contributed by atoms with van der Waals surface area (Å²) < 4.78 is 38.4. The van der Waals surface area contributed by atoms with Crippen molar-refractivity contribution in [2.45, 2.75) is 109 Å². The maximum Gasteiger partial charge on any atom is 0.187 e. The van der Waals surface area contributed by atoms with E-state index in [4.69, 9.17) is 33.4 Å². The van der Waals surface area contributed by atoms with Gasteiger partial charge in [0.25, 0.3) is 0 Å². The molecule has 4 heterocycles. The molecule has 0 aromatic carbocycles. The van der Waals surface area contributed by atoms with E-state index in [1.54, 1.807) is 14.2 Å². The molecule has 7 heteroatoms. The van der Waals surface area contributed by atoms with Crippen molar-refractivity contribution in [3.8, 4) is 0 Å². The molecule has 0 aromatic heterocycles. The molecule has 6 fully saturated rings. The Labute approximate surface area is 216 Å². The SMILES string of the molecule is C/N=C(\C[C@H]1O[C@H](OC)[C@@]23OC(C)C2C(C)C[C@H]3[C@H]1C)[C@H]1O[C@H](OC)[C@@]23OC(C)C2C(C)C[C@H]3[C@H]1C. The molecule has 2 spiro atoms. The van der Waals surface area contributed by atoms with Gasteiger partial charge in [0.05, 0.1) is 18.3 Å². The van der Waals surface area contributed by atoms with E-state index in [2.05, 4.69) is 41.5 Å². The van der Waals surface area contributed by atoms with Crippen LogP contribution in [0.25, 0.3) is 0 Å². The van der Waals surface area contributed by atoms with Crippen LogP contribution in [0.2, 0.25) is 0 Å². The Hall–Kier alpha value is -0.570. The minimum Gasteiger partial charge on any atom is -0.366 e. The van der Waals surface area contributed by atoms with E-state index < -0.39 is 0 Å². The van der Waals surface area contributed by atoms with Gasteiger partial charge in [-0.2, -0.15) is 0 Å². The highest BCUT2D eigenvalue weighted by molar-refractivity contribution is 5.89. The summed E-state index contributed by atoms with van der Waals surface area (Å²) in [6.45, 7) is 13.8. The van der Waals surface area contributed by atoms with Crippen molar-refractivity contribution in [2.75, 3.05) is 21.3 Å². The van der Waals surface area contributed by atoms with Gasteiger partial charge in [-0.1, -0.05) is 27.7 Å². The van der Waals surface area contributed by atoms with Crippen molar-refractivity contribution < 1.29 is 28.4 Å². The van der Waals surface area contributed by atoms with E-state index in [0.29, 0.717) is 47.3 Å². The van der Waals surface area contributed by atoms with Gasteiger partial charge in [0.15, 0.2) is 12.6 Å². The monoisotopic (exact) mass is 505 g/mol. The Morgan fingerprint density at radius 1 is 0.778 bits per heavy atom. The molecule has 7 nitrogen and oxygen atoms in total. The predicted molar refractivity (Wildman–Crippen MR) is 136 cm³/mol. The topological polar surface area (TPSA) is 67.7 Å². The van der Waals surface area contributed by atoms with Crippen LogP contribution in [0.5, 0.6) is 0 Å². The number of hydrogen-bond acceptors (Lipinski definition) is 7. The molecule has 6 unspecified atom stereocenters. The number of methoxy groups -OCH3 is 2. The number of hydrogen-bond donors (Lipinski definition) is 0. The van der Waals surface area contributed by atoms with E-state index in [1.807, 2.05) is 7.05 Å². The Bertz CT molecular complexity index is 897. The van der Waals surface area contributed by atoms with Crippen LogP contribution in [-0.2, 0) is 28.4 Å². The summed E-state index contributed by atoms with van der Waals surface area (Å²) in [5.74, 6) is 3.67. The third-order valence-corrected chi connectivity index (χ3v) is 11.6. The van der Waals surface area contributed by atoms with Crippen LogP contribution in [-0.4, -0.2) is 75.2 Å². The van der Waals surface area contributed by atoms with Crippen molar-refractivity contribution in [2.24, 2.45) is 52.3 Å². The second-order valence-corrected chi connectivity index (χ2v) is 13.0. The van der Waals surface area contributed by atoms with E-state index in [-0.39, 0.29) is 48.2 Å². The standard InChI is InChI=1S/C29H47NO6/c1-13-10-19-15(3)22(33-26(31-8)28(19)23(13)17(5)35-28)12-21(30-7)25-16(4)20-11-14(2)24-18(6)36-29(20,24)27(32-9)34-25/h13-20,22-27H,10-12H2,1-9H3/b30-21+/t13?,14?,15-,16-,17?,18?,19+,20+,22-,23?,24?,25+,26+,27+,28+,29+/m1/s1. The summed E-state index contributed by atoms with van der Waals surface area (Å²) in [7, 11) is 5.41. The first kappa shape index (κ1) is 25.7. The molecule has 0 radical (unpaired) electrons. The largest absolute Gasteiger partial charge is 0.366 e. The van der Waals surface area contributed by atoms with Crippen molar-refractivity contribution in [1.82, 2.24) is 0 Å². The highest BCUT2D eigenvalue weighted by Crippen LogP contribution is 2.65. The summed E-state index contributed by atoms with van der Waals surface area (Å²) in [6.07, 6.45) is 2.78. The summed E-state index contributed by atoms with van der Waals surface area (Å²) >= 11 is 0. The van der Waals surface area contributed by atoms with Gasteiger partial charge in [0.1, 0.15) is 17.3 Å². The fourth-order valence-corrected chi connectivity index (χ4v) is 10.4. The molecule has 16 atom stereocenters. The molecular weight excluding hydrogens is 458 g/mol. The van der Waals surface area contributed by atoms with Crippen LogP contribution in [0.1, 0.15) is 60.8 Å². The quantitative estimate of drug-likeness (QED) is 0.519. The molecule has 6 aliphatic rings. The van der Waals surface area contributed by atoms with E-state index in [0.717, 1.165) is 25.0 Å². The lowest BCUT2D eigenvalue weighted by molar-refractivity contribution is -0.393. The zero-order valence-electron chi connectivity index (χ0n) is 23.6. The first-order valence-corrected chi connectivity index (χ1v) is 14.3. The third kappa shape index (κ3) is 3.05. The van der Waals surface area contributed by atoms with E-state index in [1.165, 1.54) is 0 Å². The van der Waals surface area contributed by atoms with Gasteiger partial charge in [-0.25, -0.2) is 0 Å². The fraction of sp³-hybridized carbons (Fsp3) is 0.966. The molecular formula is C29H47NO6. The minimum absolute atomic E-state index is 0.0117. The van der Waals surface area contributed by atoms with Crippen molar-refractivity contribution in [3.05, 3.63) is 0 Å². The second kappa shape index (κ2) is 8.72. The average Bonchev–Trinajstić information content (AvgIpc) is 3.22. The Morgan fingerprint density at radius 2 is 1.28 bits per heavy atom. The van der Waals surface area contributed by atoms with Gasteiger partial charge >= 0.3 is 0 Å². The second-order valence-electron chi connectivity index (χ2n) is 13.0. The third-order valence-electron chi connectivity index (χ3n) is 11.6. The molecule has 0 N–H and O–H groups in total. The Kier molecular flexibility index (Phi) is 6.22. The molecule has 204 valence electrons. The Morgan fingerprint density at radius 3 is 1.75 bits per heavy atom. The van der Waals surface area contributed by atoms with E-state index in [9.17, 15) is 0 Å². The lowest BCUT2D eigenvalue weighted by Crippen LogP contribution is -2.72. The zero-order chi connectivity index (χ0) is 25.7. The molecule has 36 heavy (non-hydrogen) atoms. The van der Waals surface area contributed by atoms with Crippen LogP contribution in [0.3, 0.4) is 0 Å². The smallest absolute Gasteiger partial charge is 0.187 e. The van der Waals surface area contributed by atoms with Crippen molar-refractivity contribution in [1.29, 1.82) is 0 Å². The highest BCUT2D eigenvalue weighted by Gasteiger charge is 2.74. The van der Waals surface area contributed by atoms with Crippen molar-refractivity contribution in [3.63, 3.8) is 0 Å². The maximum absolute atomic E-state index is 6.74. The number of nitrogens with zero attached hydrogens (tertiary/aromatic N) is 1. The molecule has 4 saturated heterocycles. The van der Waals surface area contributed by atoms with Gasteiger partial charge in [0, 0.05) is 45.2 Å². The van der Waals surface area contributed by atoms with Gasteiger partial charge in [0.2, 0.25) is 0 Å². The van der Waals surface area contributed by atoms with E-state index >= 15 is 0 Å². The summed E-state index contributed by atoms with van der Waals surface area (Å²) in [5.41, 5.74) is 0.441. The lowest BCUT2D eigenvalue weighted by Gasteiger charge is -2.61. The van der Waals surface area contributed by atoms with Crippen LogP contribution >= 0.6 is 0 Å². The molecule has 2 saturated carbocycles. The molecule has 0 bridgehead atoms. The van der Waals surface area contributed by atoms with Crippen LogP contribution in [0, 0.1) is 47.3 Å². The van der Waals surface area contributed by atoms with Gasteiger partial charge in [-0.05, 0) is 62.2 Å². The fourth-order valence-electron chi connectivity index (χ4n) is 10.4. The summed E-state index contributed by atoms with van der Waals surface area (Å²) in [6, 6.07) is 0. The summed E-state index contributed by atoms with van der Waals surface area (Å²) in [5, 5.41) is 0. The normalized spacial score (nSPS) is 59.9.